The van der Waals surface area contributed by atoms with Gasteiger partial charge in [0.05, 0.1) is 23.9 Å². The summed E-state index contributed by atoms with van der Waals surface area (Å²) in [5.74, 6) is -0.524. The standard InChI is InChI=1S/C30H29F4N5O2/c1-35-26(40)9-5-14-36-15-6-16-41-27-13-11-22(19-37-27)28(21-10-12-25-23(17-21)29(31)39-38-25)24(18-30(32,33)34)20-7-3-2-4-8-20/h2-5,7-13,17,19,36H,6,14-16,18H2,1H3,(H,35,40)(H,38,39)/b9-5+,28-24-. The second-order valence-corrected chi connectivity index (χ2v) is 9.09. The van der Waals surface area contributed by atoms with Crippen LogP contribution in [-0.4, -0.2) is 54.0 Å². The molecular formula is C30H29F4N5O2. The van der Waals surface area contributed by atoms with E-state index in [4.69, 9.17) is 4.74 Å². The van der Waals surface area contributed by atoms with Gasteiger partial charge in [0.2, 0.25) is 17.7 Å². The Balaban J connectivity index is 1.59. The van der Waals surface area contributed by atoms with E-state index in [2.05, 4.69) is 25.8 Å². The first-order valence-corrected chi connectivity index (χ1v) is 12.9. The fourth-order valence-corrected chi connectivity index (χ4v) is 4.25. The Morgan fingerprint density at radius 2 is 1.83 bits per heavy atom. The number of likely N-dealkylation sites (N-methyl/N-ethyl adjacent to an activating group) is 1. The number of carbonyl (C=O) groups excluding carboxylic acids is 1. The average molecular weight is 568 g/mol. The van der Waals surface area contributed by atoms with Crippen molar-refractivity contribution in [1.82, 2.24) is 25.8 Å². The number of nitrogens with zero attached hydrogens (tertiary/aromatic N) is 2. The highest BCUT2D eigenvalue weighted by atomic mass is 19.4. The summed E-state index contributed by atoms with van der Waals surface area (Å²) in [5.41, 5.74) is 1.89. The molecule has 11 heteroatoms. The first-order chi connectivity index (χ1) is 19.7. The van der Waals surface area contributed by atoms with Gasteiger partial charge in [-0.1, -0.05) is 42.5 Å². The molecule has 0 fully saturated rings. The van der Waals surface area contributed by atoms with E-state index >= 15 is 0 Å². The van der Waals surface area contributed by atoms with Crippen LogP contribution < -0.4 is 15.4 Å². The Kier molecular flexibility index (Phi) is 9.86. The number of aromatic amines is 1. The number of nitrogens with one attached hydrogen (secondary N) is 3. The van der Waals surface area contributed by atoms with Crippen molar-refractivity contribution in [2.45, 2.75) is 19.0 Å². The van der Waals surface area contributed by atoms with Gasteiger partial charge in [-0.05, 0) is 53.4 Å². The number of ether oxygens (including phenoxy) is 1. The minimum atomic E-state index is -4.50. The summed E-state index contributed by atoms with van der Waals surface area (Å²) in [6.07, 6.45) is -0.401. The van der Waals surface area contributed by atoms with Crippen molar-refractivity contribution in [1.29, 1.82) is 0 Å². The van der Waals surface area contributed by atoms with Gasteiger partial charge in [-0.3, -0.25) is 9.89 Å². The number of carbonyl (C=O) groups is 1. The number of alkyl halides is 3. The normalized spacial score (nSPS) is 12.5. The number of aromatic nitrogens is 3. The van der Waals surface area contributed by atoms with E-state index in [0.717, 1.165) is 0 Å². The number of benzene rings is 2. The summed E-state index contributed by atoms with van der Waals surface area (Å²) in [4.78, 5) is 15.5. The molecule has 0 saturated carbocycles. The molecule has 0 saturated heterocycles. The van der Waals surface area contributed by atoms with E-state index in [1.807, 2.05) is 0 Å². The Hall–Kier alpha value is -4.51. The van der Waals surface area contributed by atoms with Gasteiger partial charge in [0.15, 0.2) is 0 Å². The van der Waals surface area contributed by atoms with Crippen molar-refractivity contribution >= 4 is 28.0 Å². The summed E-state index contributed by atoms with van der Waals surface area (Å²) >= 11 is 0. The first-order valence-electron chi connectivity index (χ1n) is 12.9. The van der Waals surface area contributed by atoms with Gasteiger partial charge in [-0.25, -0.2) is 4.98 Å². The first kappa shape index (κ1) is 29.5. The fourth-order valence-electron chi connectivity index (χ4n) is 4.25. The predicted octanol–water partition coefficient (Wildman–Crippen LogP) is 5.67. The molecule has 0 unspecified atom stereocenters. The fraction of sp³-hybridized carbons (Fsp3) is 0.233. The number of amides is 1. The lowest BCUT2D eigenvalue weighted by Crippen LogP contribution is -2.19. The minimum absolute atomic E-state index is 0.0355. The molecule has 1 amide bonds. The zero-order valence-corrected chi connectivity index (χ0v) is 22.3. The second kappa shape index (κ2) is 13.7. The van der Waals surface area contributed by atoms with Crippen LogP contribution in [0.15, 0.2) is 79.0 Å². The molecule has 4 rings (SSSR count). The van der Waals surface area contributed by atoms with Crippen LogP contribution in [0.25, 0.3) is 22.0 Å². The van der Waals surface area contributed by atoms with E-state index in [-0.39, 0.29) is 22.4 Å². The molecule has 41 heavy (non-hydrogen) atoms. The molecule has 3 N–H and O–H groups in total. The van der Waals surface area contributed by atoms with Crippen LogP contribution in [0.2, 0.25) is 0 Å². The van der Waals surface area contributed by atoms with E-state index in [1.165, 1.54) is 18.3 Å². The highest BCUT2D eigenvalue weighted by Gasteiger charge is 2.31. The number of hydrogen-bond donors (Lipinski definition) is 3. The molecule has 0 aliphatic rings. The van der Waals surface area contributed by atoms with Gasteiger partial charge in [-0.15, -0.1) is 0 Å². The van der Waals surface area contributed by atoms with Crippen LogP contribution in [0.4, 0.5) is 17.6 Å². The largest absolute Gasteiger partial charge is 0.478 e. The van der Waals surface area contributed by atoms with Crippen molar-refractivity contribution in [3.8, 4) is 5.88 Å². The topological polar surface area (TPSA) is 91.9 Å². The third-order valence-electron chi connectivity index (χ3n) is 6.15. The van der Waals surface area contributed by atoms with Gasteiger partial charge in [-0.2, -0.15) is 22.7 Å². The number of allylic oxidation sites excluding steroid dienone is 1. The van der Waals surface area contributed by atoms with Gasteiger partial charge in [0.1, 0.15) is 0 Å². The van der Waals surface area contributed by atoms with E-state index in [1.54, 1.807) is 67.7 Å². The molecule has 7 nitrogen and oxygen atoms in total. The Labute approximate surface area is 234 Å². The Morgan fingerprint density at radius 3 is 2.54 bits per heavy atom. The SMILES string of the molecule is CNC(=O)/C=C/CNCCCOc1ccc(/C(=C(/CC(F)(F)F)c2ccccc2)c2ccc3n[nH]c(F)c3c2)cn1. The monoisotopic (exact) mass is 567 g/mol. The van der Waals surface area contributed by atoms with Gasteiger partial charge in [0, 0.05) is 37.5 Å². The van der Waals surface area contributed by atoms with Crippen molar-refractivity contribution < 1.29 is 27.1 Å². The Morgan fingerprint density at radius 1 is 1.05 bits per heavy atom. The maximum atomic E-state index is 14.4. The third-order valence-corrected chi connectivity index (χ3v) is 6.15. The van der Waals surface area contributed by atoms with Crippen LogP contribution in [0, 0.1) is 5.95 Å². The van der Waals surface area contributed by atoms with Crippen molar-refractivity contribution in [3.63, 3.8) is 0 Å². The quantitative estimate of drug-likeness (QED) is 0.0889. The zero-order chi connectivity index (χ0) is 29.2. The molecule has 214 valence electrons. The highest BCUT2D eigenvalue weighted by Crippen LogP contribution is 2.40. The smallest absolute Gasteiger partial charge is 0.393 e. The lowest BCUT2D eigenvalue weighted by Gasteiger charge is -2.19. The van der Waals surface area contributed by atoms with Crippen LogP contribution in [0.1, 0.15) is 29.5 Å². The molecule has 0 aliphatic carbocycles. The van der Waals surface area contributed by atoms with Crippen LogP contribution in [0.5, 0.6) is 5.88 Å². The van der Waals surface area contributed by atoms with E-state index < -0.39 is 18.5 Å². The summed E-state index contributed by atoms with van der Waals surface area (Å²) in [6, 6.07) is 16.2. The summed E-state index contributed by atoms with van der Waals surface area (Å²) in [6.45, 7) is 1.54. The van der Waals surface area contributed by atoms with Crippen molar-refractivity contribution in [3.05, 3.63) is 102 Å². The maximum absolute atomic E-state index is 14.4. The van der Waals surface area contributed by atoms with Crippen LogP contribution in [0.3, 0.4) is 0 Å². The number of hydrogen-bond acceptors (Lipinski definition) is 5. The molecule has 0 bridgehead atoms. The summed E-state index contributed by atoms with van der Waals surface area (Å²) in [7, 11) is 1.56. The highest BCUT2D eigenvalue weighted by molar-refractivity contribution is 6.00. The number of fused-ring (bicyclic) bond motifs is 1. The summed E-state index contributed by atoms with van der Waals surface area (Å²) < 4.78 is 61.7. The molecule has 2 heterocycles. The predicted molar refractivity (Wildman–Crippen MR) is 150 cm³/mol. The van der Waals surface area contributed by atoms with Gasteiger partial charge in [0.25, 0.3) is 0 Å². The van der Waals surface area contributed by atoms with E-state index in [0.29, 0.717) is 54.2 Å². The molecule has 0 radical (unpaired) electrons. The molecule has 0 aliphatic heterocycles. The van der Waals surface area contributed by atoms with Crippen molar-refractivity contribution in [2.75, 3.05) is 26.7 Å². The number of H-pyrrole nitrogens is 1. The second-order valence-electron chi connectivity index (χ2n) is 9.09. The zero-order valence-electron chi connectivity index (χ0n) is 22.3. The van der Waals surface area contributed by atoms with Crippen LogP contribution in [-0.2, 0) is 4.79 Å². The lowest BCUT2D eigenvalue weighted by molar-refractivity contribution is -0.123. The Bertz CT molecular complexity index is 1510. The molecule has 4 aromatic rings. The van der Waals surface area contributed by atoms with E-state index in [9.17, 15) is 22.4 Å². The third kappa shape index (κ3) is 8.24. The number of halogens is 4. The molecular weight excluding hydrogens is 538 g/mol. The van der Waals surface area contributed by atoms with Gasteiger partial charge >= 0.3 is 6.18 Å². The number of rotatable bonds is 12. The van der Waals surface area contributed by atoms with Gasteiger partial charge < -0.3 is 15.4 Å². The lowest BCUT2D eigenvalue weighted by atomic mass is 9.88. The minimum Gasteiger partial charge on any atom is -0.478 e. The molecule has 2 aromatic carbocycles. The van der Waals surface area contributed by atoms with Crippen molar-refractivity contribution in [2.24, 2.45) is 0 Å². The summed E-state index contributed by atoms with van der Waals surface area (Å²) in [5, 5.41) is 12.0. The number of pyridine rings is 1. The molecule has 0 spiro atoms. The maximum Gasteiger partial charge on any atom is 0.393 e. The van der Waals surface area contributed by atoms with Crippen LogP contribution >= 0.6 is 0 Å². The average Bonchev–Trinajstić information content (AvgIpc) is 3.34. The molecule has 2 aromatic heterocycles. The molecule has 0 atom stereocenters.